The van der Waals surface area contributed by atoms with Gasteiger partial charge in [0.05, 0.1) is 25.5 Å². The van der Waals surface area contributed by atoms with Crippen molar-refractivity contribution < 1.29 is 9.47 Å². The molecule has 0 radical (unpaired) electrons. The van der Waals surface area contributed by atoms with E-state index in [9.17, 15) is 5.26 Å². The molecule has 0 saturated heterocycles. The largest absolute Gasteiger partial charge is 0.493 e. The lowest BCUT2D eigenvalue weighted by atomic mass is 10.1. The van der Waals surface area contributed by atoms with E-state index in [-0.39, 0.29) is 0 Å². The summed E-state index contributed by atoms with van der Waals surface area (Å²) in [5, 5.41) is 23.7. The molecular formula is C27H26N6O2. The zero-order valence-electron chi connectivity index (χ0n) is 19.8. The molecule has 0 saturated carbocycles. The van der Waals surface area contributed by atoms with Crippen molar-refractivity contribution in [3.8, 4) is 34.5 Å². The number of ether oxygens (including phenoxy) is 2. The van der Waals surface area contributed by atoms with Crippen LogP contribution < -0.4 is 9.47 Å². The van der Waals surface area contributed by atoms with E-state index in [0.29, 0.717) is 22.9 Å². The van der Waals surface area contributed by atoms with E-state index < -0.39 is 0 Å². The summed E-state index contributed by atoms with van der Waals surface area (Å²) >= 11 is 0. The van der Waals surface area contributed by atoms with Gasteiger partial charge in [0.1, 0.15) is 17.6 Å². The fourth-order valence-electron chi connectivity index (χ4n) is 4.40. The number of nitriles is 1. The molecule has 0 fully saturated rings. The van der Waals surface area contributed by atoms with Crippen molar-refractivity contribution in [1.29, 1.82) is 5.26 Å². The van der Waals surface area contributed by atoms with Gasteiger partial charge in [-0.2, -0.15) is 10.4 Å². The maximum atomic E-state index is 10.1. The highest BCUT2D eigenvalue weighted by molar-refractivity contribution is 5.90. The minimum Gasteiger partial charge on any atom is -0.493 e. The van der Waals surface area contributed by atoms with Crippen LogP contribution in [0.4, 0.5) is 0 Å². The predicted octanol–water partition coefficient (Wildman–Crippen LogP) is 4.94. The number of benzene rings is 2. The molecule has 176 valence electrons. The van der Waals surface area contributed by atoms with Crippen LogP contribution in [0.5, 0.6) is 11.5 Å². The Kier molecular flexibility index (Phi) is 6.31. The summed E-state index contributed by atoms with van der Waals surface area (Å²) in [5.41, 5.74) is 3.74. The molecule has 0 aliphatic carbocycles. The average molecular weight is 467 g/mol. The van der Waals surface area contributed by atoms with Gasteiger partial charge in [-0.05, 0) is 49.2 Å². The summed E-state index contributed by atoms with van der Waals surface area (Å²) < 4.78 is 14.8. The van der Waals surface area contributed by atoms with Gasteiger partial charge in [0, 0.05) is 30.3 Å². The van der Waals surface area contributed by atoms with Crippen molar-refractivity contribution in [2.24, 2.45) is 0 Å². The number of rotatable bonds is 6. The van der Waals surface area contributed by atoms with E-state index in [1.165, 1.54) is 0 Å². The Morgan fingerprint density at radius 2 is 1.83 bits per heavy atom. The second-order valence-corrected chi connectivity index (χ2v) is 8.35. The van der Waals surface area contributed by atoms with Crippen LogP contribution >= 0.6 is 0 Å². The smallest absolute Gasteiger partial charge is 0.174 e. The van der Waals surface area contributed by atoms with Gasteiger partial charge in [-0.3, -0.25) is 0 Å². The van der Waals surface area contributed by atoms with Gasteiger partial charge in [-0.15, -0.1) is 10.2 Å². The molecule has 0 spiro atoms. The van der Waals surface area contributed by atoms with Gasteiger partial charge >= 0.3 is 0 Å². The van der Waals surface area contributed by atoms with E-state index >= 15 is 0 Å². The summed E-state index contributed by atoms with van der Waals surface area (Å²) in [6.07, 6.45) is 7.96. The van der Waals surface area contributed by atoms with Crippen molar-refractivity contribution in [1.82, 2.24) is 24.5 Å². The molecule has 1 aliphatic rings. The summed E-state index contributed by atoms with van der Waals surface area (Å²) in [6, 6.07) is 17.9. The van der Waals surface area contributed by atoms with Crippen molar-refractivity contribution in [3.05, 3.63) is 71.9 Å². The Morgan fingerprint density at radius 3 is 2.60 bits per heavy atom. The van der Waals surface area contributed by atoms with Gasteiger partial charge in [0.25, 0.3) is 0 Å². The molecule has 8 heteroatoms. The quantitative estimate of drug-likeness (QED) is 0.374. The highest BCUT2D eigenvalue weighted by atomic mass is 16.5. The predicted molar refractivity (Wildman–Crippen MR) is 133 cm³/mol. The van der Waals surface area contributed by atoms with Crippen LogP contribution in [0.2, 0.25) is 0 Å². The van der Waals surface area contributed by atoms with E-state index in [4.69, 9.17) is 14.6 Å². The highest BCUT2D eigenvalue weighted by Crippen LogP contribution is 2.34. The highest BCUT2D eigenvalue weighted by Gasteiger charge is 2.20. The molecule has 0 atom stereocenters. The van der Waals surface area contributed by atoms with Crippen LogP contribution in [0.15, 0.2) is 54.7 Å². The number of hydrogen-bond acceptors (Lipinski definition) is 6. The number of aryl methyl sites for hydroxylation is 1. The van der Waals surface area contributed by atoms with E-state index in [2.05, 4.69) is 20.8 Å². The Balaban J connectivity index is 1.65. The molecule has 0 bridgehead atoms. The van der Waals surface area contributed by atoms with Gasteiger partial charge < -0.3 is 14.0 Å². The van der Waals surface area contributed by atoms with Crippen molar-refractivity contribution in [3.63, 3.8) is 0 Å². The van der Waals surface area contributed by atoms with Crippen molar-refractivity contribution >= 4 is 11.6 Å². The lowest BCUT2D eigenvalue weighted by molar-refractivity contribution is 0.355. The topological polar surface area (TPSA) is 90.8 Å². The lowest BCUT2D eigenvalue weighted by Crippen LogP contribution is -2.05. The Bertz CT molecular complexity index is 1410. The SMILES string of the molecule is COc1ccc(-c2nn(-c3ccccc3)cc2/C=C(\C#N)c2nnc3n2CCCCC3)cc1OC. The molecule has 2 aromatic carbocycles. The molecular weight excluding hydrogens is 440 g/mol. The van der Waals surface area contributed by atoms with Crippen LogP contribution in [-0.2, 0) is 13.0 Å². The van der Waals surface area contributed by atoms with E-state index in [1.807, 2.05) is 65.5 Å². The molecule has 4 aromatic rings. The summed E-state index contributed by atoms with van der Waals surface area (Å²) in [7, 11) is 3.21. The summed E-state index contributed by atoms with van der Waals surface area (Å²) in [6.45, 7) is 0.822. The molecule has 3 heterocycles. The summed E-state index contributed by atoms with van der Waals surface area (Å²) in [5.74, 6) is 2.80. The Morgan fingerprint density at radius 1 is 1.00 bits per heavy atom. The third-order valence-electron chi connectivity index (χ3n) is 6.19. The number of methoxy groups -OCH3 is 2. The number of nitrogens with zero attached hydrogens (tertiary/aromatic N) is 6. The number of aromatic nitrogens is 5. The first-order valence-corrected chi connectivity index (χ1v) is 11.6. The zero-order valence-corrected chi connectivity index (χ0v) is 19.8. The first-order chi connectivity index (χ1) is 17.2. The molecule has 1 aliphatic heterocycles. The zero-order chi connectivity index (χ0) is 24.2. The van der Waals surface area contributed by atoms with Gasteiger partial charge in [0.15, 0.2) is 17.3 Å². The fraction of sp³-hybridized carbons (Fsp3) is 0.259. The van der Waals surface area contributed by atoms with Crippen LogP contribution in [0.3, 0.4) is 0 Å². The first kappa shape index (κ1) is 22.4. The van der Waals surface area contributed by atoms with Crippen molar-refractivity contribution in [2.75, 3.05) is 14.2 Å². The normalized spacial score (nSPS) is 13.6. The van der Waals surface area contributed by atoms with Crippen LogP contribution in [0, 0.1) is 11.3 Å². The van der Waals surface area contributed by atoms with Gasteiger partial charge in [0.2, 0.25) is 0 Å². The second-order valence-electron chi connectivity index (χ2n) is 8.35. The minimum absolute atomic E-state index is 0.458. The number of fused-ring (bicyclic) bond motifs is 1. The molecule has 35 heavy (non-hydrogen) atoms. The fourth-order valence-corrected chi connectivity index (χ4v) is 4.40. The van der Waals surface area contributed by atoms with Gasteiger partial charge in [-0.25, -0.2) is 4.68 Å². The monoisotopic (exact) mass is 466 g/mol. The Hall–Kier alpha value is -4.38. The molecule has 0 N–H and O–H groups in total. The van der Waals surface area contributed by atoms with Crippen molar-refractivity contribution in [2.45, 2.75) is 32.2 Å². The molecule has 5 rings (SSSR count). The first-order valence-electron chi connectivity index (χ1n) is 11.6. The number of para-hydroxylation sites is 1. The second kappa shape index (κ2) is 9.85. The van der Waals surface area contributed by atoms with Gasteiger partial charge in [-0.1, -0.05) is 24.6 Å². The average Bonchev–Trinajstić information content (AvgIpc) is 3.44. The third-order valence-corrected chi connectivity index (χ3v) is 6.19. The minimum atomic E-state index is 0.458. The molecule has 0 amide bonds. The maximum Gasteiger partial charge on any atom is 0.174 e. The molecule has 0 unspecified atom stereocenters. The number of allylic oxidation sites excluding steroid dienone is 1. The third kappa shape index (κ3) is 4.41. The Labute approximate surface area is 204 Å². The standard InChI is InChI=1S/C27H26N6O2/c1-34-23-13-12-19(16-24(23)35-2)26-21(18-33(31-26)22-9-5-3-6-10-22)15-20(17-28)27-30-29-25-11-7-4-8-14-32(25)27/h3,5-6,9-10,12-13,15-16,18H,4,7-8,11,14H2,1-2H3/b20-15+. The summed E-state index contributed by atoms with van der Waals surface area (Å²) in [4.78, 5) is 0. The van der Waals surface area contributed by atoms with Crippen LogP contribution in [0.25, 0.3) is 28.6 Å². The maximum absolute atomic E-state index is 10.1. The van der Waals surface area contributed by atoms with Crippen LogP contribution in [0.1, 0.15) is 36.5 Å². The lowest BCUT2D eigenvalue weighted by Gasteiger charge is -2.09. The molecule has 2 aromatic heterocycles. The molecule has 8 nitrogen and oxygen atoms in total. The van der Waals surface area contributed by atoms with E-state index in [0.717, 1.165) is 60.6 Å². The number of hydrogen-bond donors (Lipinski definition) is 0. The van der Waals surface area contributed by atoms with Crippen LogP contribution in [-0.4, -0.2) is 38.8 Å². The van der Waals surface area contributed by atoms with E-state index in [1.54, 1.807) is 14.2 Å².